The van der Waals surface area contributed by atoms with Crippen LogP contribution in [0.2, 0.25) is 0 Å². The largest absolute Gasteiger partial charge is 0.107 e. The minimum atomic E-state index is 0. The van der Waals surface area contributed by atoms with Crippen LogP contribution in [0.15, 0.2) is 0 Å². The van der Waals surface area contributed by atoms with Gasteiger partial charge in [-0.2, -0.15) is 0 Å². The lowest BCUT2D eigenvalue weighted by molar-refractivity contribution is 0.847. The first kappa shape index (κ1) is 16.9. The predicted octanol–water partition coefficient (Wildman–Crippen LogP) is 3.68. The van der Waals surface area contributed by atoms with Crippen molar-refractivity contribution in [2.24, 2.45) is 0 Å². The highest BCUT2D eigenvalue weighted by Crippen LogP contribution is 2.38. The highest BCUT2D eigenvalue weighted by molar-refractivity contribution is 7.57. The van der Waals surface area contributed by atoms with Crippen LogP contribution in [0.4, 0.5) is 0 Å². The molecule has 0 fully saturated rings. The van der Waals surface area contributed by atoms with Crippen molar-refractivity contribution in [3.8, 4) is 0 Å². The molecule has 14 heavy (non-hydrogen) atoms. The first-order valence-electron chi connectivity index (χ1n) is 6.07. The topological polar surface area (TPSA) is 0 Å². The molecule has 0 unspecified atom stereocenters. The van der Waals surface area contributed by atoms with E-state index in [2.05, 4.69) is 20.8 Å². The molecule has 0 spiro atoms. The van der Waals surface area contributed by atoms with Gasteiger partial charge in [0.1, 0.15) is 0 Å². The van der Waals surface area contributed by atoms with Crippen LogP contribution in [-0.2, 0) is 0 Å². The standard InChI is InChI=1S/C12H27P.BH3/c1-4-7-10-13(11-8-5-2)12-9-6-3;/h4-12H2,1-3H3;1H3. The fourth-order valence-electron chi connectivity index (χ4n) is 1.48. The second kappa shape index (κ2) is 13.5. The number of rotatable bonds is 9. The van der Waals surface area contributed by atoms with Gasteiger partial charge in [0.15, 0.2) is 0 Å². The van der Waals surface area contributed by atoms with Crippen LogP contribution in [-0.4, -0.2) is 26.9 Å². The maximum atomic E-state index is 2.31. The summed E-state index contributed by atoms with van der Waals surface area (Å²) in [6.07, 6.45) is 13.2. The molecule has 0 rings (SSSR count). The Labute approximate surface area is 94.6 Å². The summed E-state index contributed by atoms with van der Waals surface area (Å²) in [5.74, 6) is 0. The Hall–Kier alpha value is 0.495. The second-order valence-electron chi connectivity index (χ2n) is 3.90. The van der Waals surface area contributed by atoms with Gasteiger partial charge in [-0.25, -0.2) is 0 Å². The summed E-state index contributed by atoms with van der Waals surface area (Å²) >= 11 is 0. The fourth-order valence-corrected chi connectivity index (χ4v) is 4.44. The van der Waals surface area contributed by atoms with Gasteiger partial charge in [0.05, 0.1) is 8.41 Å². The van der Waals surface area contributed by atoms with Crippen LogP contribution < -0.4 is 0 Å². The van der Waals surface area contributed by atoms with Crippen molar-refractivity contribution >= 4 is 16.3 Å². The van der Waals surface area contributed by atoms with Crippen molar-refractivity contribution in [1.29, 1.82) is 0 Å². The van der Waals surface area contributed by atoms with Gasteiger partial charge in [0, 0.05) is 0 Å². The Balaban J connectivity index is 0. The molecule has 0 radical (unpaired) electrons. The van der Waals surface area contributed by atoms with Crippen molar-refractivity contribution in [3.05, 3.63) is 0 Å². The number of hydrogen-bond acceptors (Lipinski definition) is 0. The SMILES string of the molecule is B.CCCCP(CCCC)CCCC. The smallest absolute Gasteiger partial charge is 0.0814 e. The summed E-state index contributed by atoms with van der Waals surface area (Å²) in [6, 6.07) is 0. The van der Waals surface area contributed by atoms with Crippen molar-refractivity contribution in [2.45, 2.75) is 59.3 Å². The first-order chi connectivity index (χ1) is 6.35. The van der Waals surface area contributed by atoms with Crippen molar-refractivity contribution in [2.75, 3.05) is 18.5 Å². The molecule has 0 bridgehead atoms. The van der Waals surface area contributed by atoms with Crippen LogP contribution in [0.1, 0.15) is 59.3 Å². The van der Waals surface area contributed by atoms with Crippen molar-refractivity contribution < 1.29 is 0 Å². The van der Waals surface area contributed by atoms with Crippen LogP contribution in [0.3, 0.4) is 0 Å². The molecule has 0 atom stereocenters. The van der Waals surface area contributed by atoms with Gasteiger partial charge in [-0.3, -0.25) is 0 Å². The van der Waals surface area contributed by atoms with Gasteiger partial charge in [-0.05, 0) is 37.7 Å². The van der Waals surface area contributed by atoms with Crippen molar-refractivity contribution in [3.63, 3.8) is 0 Å². The molecule has 0 N–H and O–H groups in total. The molecular weight excluding hydrogens is 186 g/mol. The van der Waals surface area contributed by atoms with E-state index in [1.54, 1.807) is 18.5 Å². The average molecular weight is 216 g/mol. The lowest BCUT2D eigenvalue weighted by Crippen LogP contribution is -1.95. The summed E-state index contributed by atoms with van der Waals surface area (Å²) in [7, 11) is 0.422. The third-order valence-corrected chi connectivity index (χ3v) is 5.33. The minimum Gasteiger partial charge on any atom is -0.107 e. The van der Waals surface area contributed by atoms with E-state index in [-0.39, 0.29) is 8.41 Å². The quantitative estimate of drug-likeness (QED) is 0.407. The van der Waals surface area contributed by atoms with E-state index in [4.69, 9.17) is 0 Å². The third kappa shape index (κ3) is 10.6. The van der Waals surface area contributed by atoms with E-state index >= 15 is 0 Å². The van der Waals surface area contributed by atoms with Crippen LogP contribution >= 0.6 is 7.92 Å². The van der Waals surface area contributed by atoms with E-state index in [0.717, 1.165) is 0 Å². The monoisotopic (exact) mass is 216 g/mol. The molecular formula is C12H30BP. The maximum Gasteiger partial charge on any atom is 0.0814 e. The normalized spacial score (nSPS) is 10.3. The Morgan fingerprint density at radius 2 is 0.929 bits per heavy atom. The van der Waals surface area contributed by atoms with Crippen molar-refractivity contribution in [1.82, 2.24) is 0 Å². The summed E-state index contributed by atoms with van der Waals surface area (Å²) in [5, 5.41) is 0. The zero-order valence-electron chi connectivity index (χ0n) is 9.81. The highest BCUT2D eigenvalue weighted by Gasteiger charge is 2.05. The zero-order valence-corrected chi connectivity index (χ0v) is 10.7. The van der Waals surface area contributed by atoms with Gasteiger partial charge in [-0.1, -0.05) is 40.0 Å². The van der Waals surface area contributed by atoms with E-state index in [1.807, 2.05) is 0 Å². The summed E-state index contributed by atoms with van der Waals surface area (Å²) in [5.41, 5.74) is 0. The molecule has 0 aromatic carbocycles. The van der Waals surface area contributed by atoms with Crippen LogP contribution in [0, 0.1) is 0 Å². The molecule has 0 aliphatic rings. The molecule has 0 aromatic heterocycles. The molecule has 0 saturated heterocycles. The Morgan fingerprint density at radius 3 is 1.14 bits per heavy atom. The molecule has 0 nitrogen and oxygen atoms in total. The zero-order chi connectivity index (χ0) is 9.94. The predicted molar refractivity (Wildman–Crippen MR) is 76.2 cm³/mol. The summed E-state index contributed by atoms with van der Waals surface area (Å²) in [4.78, 5) is 0. The molecule has 2 heteroatoms. The Kier molecular flexibility index (Phi) is 16.3. The Morgan fingerprint density at radius 1 is 0.643 bits per heavy atom. The maximum absolute atomic E-state index is 2.31. The molecule has 0 amide bonds. The lowest BCUT2D eigenvalue weighted by atomic mass is 10.4. The van der Waals surface area contributed by atoms with Gasteiger partial charge in [-0.15, -0.1) is 7.92 Å². The van der Waals surface area contributed by atoms with Gasteiger partial charge >= 0.3 is 0 Å². The molecule has 0 aromatic rings. The van der Waals surface area contributed by atoms with E-state index in [9.17, 15) is 0 Å². The molecule has 0 heterocycles. The van der Waals surface area contributed by atoms with Gasteiger partial charge < -0.3 is 0 Å². The summed E-state index contributed by atoms with van der Waals surface area (Å²) in [6.45, 7) is 6.94. The number of hydrogen-bond donors (Lipinski definition) is 0. The average Bonchev–Trinajstić information content (AvgIpc) is 2.17. The van der Waals surface area contributed by atoms with Gasteiger partial charge in [0.2, 0.25) is 0 Å². The summed E-state index contributed by atoms with van der Waals surface area (Å²) < 4.78 is 0. The molecule has 0 saturated carbocycles. The second-order valence-corrected chi connectivity index (χ2v) is 6.59. The van der Waals surface area contributed by atoms with Gasteiger partial charge in [0.25, 0.3) is 0 Å². The van der Waals surface area contributed by atoms with Crippen LogP contribution in [0.5, 0.6) is 0 Å². The molecule has 0 aliphatic heterocycles. The van der Waals surface area contributed by atoms with E-state index in [1.165, 1.54) is 38.5 Å². The third-order valence-electron chi connectivity index (χ3n) is 2.48. The molecule has 0 aliphatic carbocycles. The highest BCUT2D eigenvalue weighted by atomic mass is 31.1. The molecule has 86 valence electrons. The van der Waals surface area contributed by atoms with E-state index < -0.39 is 0 Å². The lowest BCUT2D eigenvalue weighted by Gasteiger charge is -2.16. The fraction of sp³-hybridized carbons (Fsp3) is 1.00. The number of unbranched alkanes of at least 4 members (excludes halogenated alkanes) is 3. The Bertz CT molecular complexity index is 77.3. The first-order valence-corrected chi connectivity index (χ1v) is 7.97. The van der Waals surface area contributed by atoms with Crippen LogP contribution in [0.25, 0.3) is 0 Å². The van der Waals surface area contributed by atoms with E-state index in [0.29, 0.717) is 7.92 Å². The minimum absolute atomic E-state index is 0.